The number of hydrogen-bond acceptors (Lipinski definition) is 7. The van der Waals surface area contributed by atoms with Gasteiger partial charge in [0.2, 0.25) is 5.95 Å². The van der Waals surface area contributed by atoms with Crippen LogP contribution in [0.2, 0.25) is 0 Å². The van der Waals surface area contributed by atoms with Crippen LogP contribution in [-0.4, -0.2) is 39.6 Å². The lowest BCUT2D eigenvalue weighted by Crippen LogP contribution is -2.15. The van der Waals surface area contributed by atoms with Crippen molar-refractivity contribution in [1.29, 1.82) is 0 Å². The molecular weight excluding hydrogens is 475 g/mol. The predicted octanol–water partition coefficient (Wildman–Crippen LogP) is 5.18. The second-order valence-electron chi connectivity index (χ2n) is 8.12. The summed E-state index contributed by atoms with van der Waals surface area (Å²) >= 11 is 0. The molecule has 186 valence electrons. The molecule has 10 heteroatoms. The van der Waals surface area contributed by atoms with E-state index in [1.54, 1.807) is 6.20 Å². The Bertz CT molecular complexity index is 1620. The van der Waals surface area contributed by atoms with Crippen LogP contribution in [0.4, 0.5) is 21.7 Å². The van der Waals surface area contributed by atoms with Gasteiger partial charge in [0.15, 0.2) is 5.82 Å². The van der Waals surface area contributed by atoms with Gasteiger partial charge in [0.1, 0.15) is 11.5 Å². The van der Waals surface area contributed by atoms with Gasteiger partial charge in [-0.15, -0.1) is 0 Å². The number of carbonyl (C=O) groups excluding carboxylic acids is 1. The Balaban J connectivity index is 1.46. The number of ether oxygens (including phenoxy) is 2. The second-order valence-corrected chi connectivity index (χ2v) is 8.12. The third-order valence-corrected chi connectivity index (χ3v) is 5.86. The van der Waals surface area contributed by atoms with Crippen molar-refractivity contribution in [3.8, 4) is 22.8 Å². The summed E-state index contributed by atoms with van der Waals surface area (Å²) in [6.45, 7) is 0. The van der Waals surface area contributed by atoms with E-state index in [2.05, 4.69) is 25.6 Å². The second kappa shape index (κ2) is 9.94. The number of carbonyl (C=O) groups is 1. The number of methoxy groups -OCH3 is 2. The van der Waals surface area contributed by atoms with Gasteiger partial charge in [-0.1, -0.05) is 18.2 Å². The number of para-hydroxylation sites is 1. The summed E-state index contributed by atoms with van der Waals surface area (Å²) in [5, 5.41) is 6.72. The summed E-state index contributed by atoms with van der Waals surface area (Å²) < 4.78 is 27.4. The number of nitrogens with one attached hydrogen (secondary N) is 2. The zero-order valence-electron chi connectivity index (χ0n) is 20.3. The topological polar surface area (TPSA) is 103 Å². The van der Waals surface area contributed by atoms with Crippen molar-refractivity contribution in [2.45, 2.75) is 0 Å². The number of amides is 1. The number of rotatable bonds is 7. The van der Waals surface area contributed by atoms with Crippen LogP contribution in [0, 0.1) is 5.82 Å². The van der Waals surface area contributed by atoms with E-state index in [0.29, 0.717) is 11.4 Å². The van der Waals surface area contributed by atoms with E-state index in [4.69, 9.17) is 9.47 Å². The average Bonchev–Trinajstić information content (AvgIpc) is 3.27. The summed E-state index contributed by atoms with van der Waals surface area (Å²) in [6.07, 6.45) is 6.51. The standard InChI is InChI=1S/C27H23FN6O3/c1-34-15-18(16-6-4-5-7-23(16)34)20-9-11-30-27(32-20)33-22-13-21(19(28)12-24(22)36-2)31-26(35)17-8-10-29-14-25(17)37-3/h4-15H,1-3H3,(H,31,35)(H,30,32,33). The van der Waals surface area contributed by atoms with Crippen LogP contribution in [-0.2, 0) is 7.05 Å². The van der Waals surface area contributed by atoms with Gasteiger partial charge in [-0.2, -0.15) is 0 Å². The van der Waals surface area contributed by atoms with Gasteiger partial charge in [-0.25, -0.2) is 14.4 Å². The Labute approximate surface area is 211 Å². The lowest BCUT2D eigenvalue weighted by atomic mass is 10.1. The summed E-state index contributed by atoms with van der Waals surface area (Å²) in [7, 11) is 4.83. The third kappa shape index (κ3) is 4.64. The fraction of sp³-hybridized carbons (Fsp3) is 0.111. The Morgan fingerprint density at radius 2 is 1.81 bits per heavy atom. The molecule has 1 amide bonds. The quantitative estimate of drug-likeness (QED) is 0.319. The molecule has 0 aliphatic rings. The fourth-order valence-electron chi connectivity index (χ4n) is 4.07. The molecule has 0 fully saturated rings. The highest BCUT2D eigenvalue weighted by molar-refractivity contribution is 6.06. The molecule has 0 atom stereocenters. The highest BCUT2D eigenvalue weighted by Gasteiger charge is 2.18. The van der Waals surface area contributed by atoms with Crippen LogP contribution in [0.1, 0.15) is 10.4 Å². The molecule has 3 aromatic heterocycles. The maximum Gasteiger partial charge on any atom is 0.259 e. The number of hydrogen-bond donors (Lipinski definition) is 2. The first-order chi connectivity index (χ1) is 18.0. The zero-order chi connectivity index (χ0) is 25.9. The van der Waals surface area contributed by atoms with Gasteiger partial charge >= 0.3 is 0 Å². The number of aromatic nitrogens is 4. The number of fused-ring (bicyclic) bond motifs is 1. The summed E-state index contributed by atoms with van der Waals surface area (Å²) in [5.74, 6) is -0.455. The molecule has 0 aliphatic heterocycles. The van der Waals surface area contributed by atoms with Crippen molar-refractivity contribution in [2.24, 2.45) is 7.05 Å². The number of aryl methyl sites for hydroxylation is 1. The van der Waals surface area contributed by atoms with Gasteiger partial charge in [-0.05, 0) is 24.3 Å². The van der Waals surface area contributed by atoms with Crippen LogP contribution in [0.15, 0.2) is 73.3 Å². The van der Waals surface area contributed by atoms with Crippen molar-refractivity contribution in [2.75, 3.05) is 24.9 Å². The molecule has 3 heterocycles. The van der Waals surface area contributed by atoms with Crippen LogP contribution in [0.5, 0.6) is 11.5 Å². The average molecular weight is 499 g/mol. The molecule has 0 saturated heterocycles. The van der Waals surface area contributed by atoms with E-state index in [9.17, 15) is 9.18 Å². The molecule has 0 radical (unpaired) electrons. The molecule has 9 nitrogen and oxygen atoms in total. The SMILES string of the molecule is COc1cc(F)c(NC(=O)c2ccncc2OC)cc1Nc1nccc(-c2cn(C)c3ccccc23)n1. The van der Waals surface area contributed by atoms with Crippen LogP contribution in [0.25, 0.3) is 22.2 Å². The van der Waals surface area contributed by atoms with Crippen molar-refractivity contribution < 1.29 is 18.7 Å². The molecule has 2 N–H and O–H groups in total. The van der Waals surface area contributed by atoms with E-state index in [1.807, 2.05) is 48.1 Å². The minimum Gasteiger partial charge on any atom is -0.494 e. The van der Waals surface area contributed by atoms with Gasteiger partial charge in [-0.3, -0.25) is 9.78 Å². The maximum absolute atomic E-state index is 14.9. The Hall–Kier alpha value is -4.99. The Morgan fingerprint density at radius 1 is 1.00 bits per heavy atom. The first-order valence-corrected chi connectivity index (χ1v) is 11.3. The van der Waals surface area contributed by atoms with Gasteiger partial charge in [0.25, 0.3) is 5.91 Å². The van der Waals surface area contributed by atoms with Crippen molar-refractivity contribution in [3.05, 3.63) is 84.7 Å². The highest BCUT2D eigenvalue weighted by atomic mass is 19.1. The lowest BCUT2D eigenvalue weighted by Gasteiger charge is -2.14. The normalized spacial score (nSPS) is 10.8. The molecule has 0 spiro atoms. The molecule has 0 saturated carbocycles. The van der Waals surface area contributed by atoms with Crippen molar-refractivity contribution in [3.63, 3.8) is 0 Å². The van der Waals surface area contributed by atoms with Crippen molar-refractivity contribution >= 4 is 34.1 Å². The van der Waals surface area contributed by atoms with Crippen LogP contribution < -0.4 is 20.1 Å². The number of nitrogens with zero attached hydrogens (tertiary/aromatic N) is 4. The van der Waals surface area contributed by atoms with Crippen molar-refractivity contribution in [1.82, 2.24) is 19.5 Å². The summed E-state index contributed by atoms with van der Waals surface area (Å²) in [5.41, 5.74) is 3.28. The van der Waals surface area contributed by atoms with E-state index < -0.39 is 11.7 Å². The summed E-state index contributed by atoms with van der Waals surface area (Å²) in [6, 6.07) is 14.0. The van der Waals surface area contributed by atoms with E-state index in [-0.39, 0.29) is 28.7 Å². The minimum absolute atomic E-state index is 0.0580. The fourth-order valence-corrected chi connectivity index (χ4v) is 4.07. The highest BCUT2D eigenvalue weighted by Crippen LogP contribution is 2.34. The number of anilines is 3. The molecule has 0 bridgehead atoms. The lowest BCUT2D eigenvalue weighted by molar-refractivity contribution is 0.102. The molecule has 5 rings (SSSR count). The first kappa shape index (κ1) is 23.7. The molecule has 0 aliphatic carbocycles. The molecule has 0 unspecified atom stereocenters. The molecule has 37 heavy (non-hydrogen) atoms. The number of pyridine rings is 1. The van der Waals surface area contributed by atoms with E-state index in [0.717, 1.165) is 16.5 Å². The monoisotopic (exact) mass is 498 g/mol. The largest absolute Gasteiger partial charge is 0.494 e. The van der Waals surface area contributed by atoms with Gasteiger partial charge < -0.3 is 24.7 Å². The first-order valence-electron chi connectivity index (χ1n) is 11.3. The van der Waals surface area contributed by atoms with Crippen LogP contribution >= 0.6 is 0 Å². The molecule has 2 aromatic carbocycles. The smallest absolute Gasteiger partial charge is 0.259 e. The Kier molecular flexibility index (Phi) is 6.38. The predicted molar refractivity (Wildman–Crippen MR) is 139 cm³/mol. The maximum atomic E-state index is 14.9. The number of halogens is 1. The van der Waals surface area contributed by atoms with Crippen LogP contribution in [0.3, 0.4) is 0 Å². The van der Waals surface area contributed by atoms with Gasteiger partial charge in [0, 0.05) is 48.2 Å². The molecule has 5 aromatic rings. The van der Waals surface area contributed by atoms with Gasteiger partial charge in [0.05, 0.1) is 43.0 Å². The van der Waals surface area contributed by atoms with E-state index >= 15 is 0 Å². The third-order valence-electron chi connectivity index (χ3n) is 5.86. The zero-order valence-corrected chi connectivity index (χ0v) is 20.3. The number of benzene rings is 2. The molecular formula is C27H23FN6O3. The summed E-state index contributed by atoms with van der Waals surface area (Å²) in [4.78, 5) is 25.7. The minimum atomic E-state index is -0.672. The van der Waals surface area contributed by atoms with E-state index in [1.165, 1.54) is 44.8 Å². The Morgan fingerprint density at radius 3 is 2.62 bits per heavy atom.